The van der Waals surface area contributed by atoms with Crippen molar-refractivity contribution in [2.24, 2.45) is 5.73 Å². The smallest absolute Gasteiger partial charge is 0.255 e. The molecule has 1 atom stereocenters. The fourth-order valence-corrected chi connectivity index (χ4v) is 1.84. The molecule has 1 aromatic rings. The first-order valence-corrected chi connectivity index (χ1v) is 6.49. The molecular weight excluding hydrogens is 390 g/mol. The van der Waals surface area contributed by atoms with Crippen molar-refractivity contribution in [2.75, 3.05) is 13.7 Å². The molecule has 7 heteroatoms. The van der Waals surface area contributed by atoms with E-state index in [4.69, 9.17) is 22.1 Å². The highest BCUT2D eigenvalue weighted by molar-refractivity contribution is 14.1. The lowest BCUT2D eigenvalue weighted by Gasteiger charge is -2.14. The molecule has 1 amide bonds. The molecule has 0 aliphatic rings. The quantitative estimate of drug-likeness (QED) is 0.757. The van der Waals surface area contributed by atoms with E-state index >= 15 is 0 Å². The zero-order valence-corrected chi connectivity index (χ0v) is 13.7. The number of nitrogens with one attached hydrogen (secondary N) is 1. The summed E-state index contributed by atoms with van der Waals surface area (Å²) in [6.45, 7) is 2.21. The highest BCUT2D eigenvalue weighted by atomic mass is 127. The van der Waals surface area contributed by atoms with Crippen molar-refractivity contribution in [3.8, 4) is 5.75 Å². The number of halogens is 3. The Kier molecular flexibility index (Phi) is 7.93. The number of ether oxygens (including phenoxy) is 1. The number of hydrogen-bond donors (Lipinski definition) is 2. The van der Waals surface area contributed by atoms with E-state index in [1.54, 1.807) is 12.1 Å². The van der Waals surface area contributed by atoms with Crippen LogP contribution in [0.15, 0.2) is 12.1 Å². The third kappa shape index (κ3) is 4.46. The Balaban J connectivity index is 0.00000289. The minimum absolute atomic E-state index is 0. The summed E-state index contributed by atoms with van der Waals surface area (Å²) < 4.78 is 6.00. The average molecular weight is 405 g/mol. The van der Waals surface area contributed by atoms with E-state index in [1.807, 2.05) is 6.92 Å². The van der Waals surface area contributed by atoms with E-state index in [9.17, 15) is 4.79 Å². The Morgan fingerprint density at radius 3 is 2.72 bits per heavy atom. The lowest BCUT2D eigenvalue weighted by Crippen LogP contribution is -2.37. The number of nitrogens with two attached hydrogens (primary N) is 1. The molecule has 4 nitrogen and oxygen atoms in total. The Bertz CT molecular complexity index is 430. The summed E-state index contributed by atoms with van der Waals surface area (Å²) in [6.07, 6.45) is 0. The SMILES string of the molecule is COc1cc(I)c(Cl)cc1C(=O)N[C@@H](C)CN.Cl. The van der Waals surface area contributed by atoms with E-state index in [0.29, 0.717) is 22.9 Å². The van der Waals surface area contributed by atoms with Gasteiger partial charge < -0.3 is 15.8 Å². The number of carbonyl (C=O) groups excluding carboxylic acids is 1. The van der Waals surface area contributed by atoms with Crippen LogP contribution in [0, 0.1) is 3.57 Å². The first-order valence-electron chi connectivity index (χ1n) is 5.03. The molecule has 0 saturated carbocycles. The molecule has 0 unspecified atom stereocenters. The largest absolute Gasteiger partial charge is 0.496 e. The van der Waals surface area contributed by atoms with Crippen molar-refractivity contribution < 1.29 is 9.53 Å². The van der Waals surface area contributed by atoms with Gasteiger partial charge >= 0.3 is 0 Å². The van der Waals surface area contributed by atoms with Crippen LogP contribution in [0.3, 0.4) is 0 Å². The van der Waals surface area contributed by atoms with E-state index < -0.39 is 0 Å². The third-order valence-corrected chi connectivity index (χ3v) is 3.74. The summed E-state index contributed by atoms with van der Waals surface area (Å²) in [5.41, 5.74) is 5.86. The van der Waals surface area contributed by atoms with Gasteiger partial charge in [-0.25, -0.2) is 0 Å². The van der Waals surface area contributed by atoms with Gasteiger partial charge in [0.05, 0.1) is 17.7 Å². The van der Waals surface area contributed by atoms with Crippen LogP contribution in [0.25, 0.3) is 0 Å². The minimum atomic E-state index is -0.238. The second-order valence-corrected chi connectivity index (χ2v) is 5.15. The fraction of sp³-hybridized carbons (Fsp3) is 0.364. The molecule has 1 rings (SSSR count). The first-order chi connectivity index (χ1) is 7.99. The number of hydrogen-bond acceptors (Lipinski definition) is 3. The van der Waals surface area contributed by atoms with Gasteiger partial charge in [-0.3, -0.25) is 4.79 Å². The van der Waals surface area contributed by atoms with Crippen LogP contribution >= 0.6 is 46.6 Å². The lowest BCUT2D eigenvalue weighted by atomic mass is 10.1. The van der Waals surface area contributed by atoms with Crippen LogP contribution in [0.2, 0.25) is 5.02 Å². The predicted octanol–water partition coefficient (Wildman–Crippen LogP) is 2.45. The van der Waals surface area contributed by atoms with E-state index in [0.717, 1.165) is 3.57 Å². The zero-order valence-electron chi connectivity index (χ0n) is 10.00. The molecule has 102 valence electrons. The van der Waals surface area contributed by atoms with Crippen LogP contribution in [0.5, 0.6) is 5.75 Å². The number of rotatable bonds is 4. The second kappa shape index (κ2) is 8.04. The van der Waals surface area contributed by atoms with Gasteiger partial charge in [-0.1, -0.05) is 11.6 Å². The molecular formula is C11H15Cl2IN2O2. The molecule has 0 saturated heterocycles. The normalized spacial score (nSPS) is 11.4. The highest BCUT2D eigenvalue weighted by Crippen LogP contribution is 2.28. The average Bonchev–Trinajstić information content (AvgIpc) is 2.31. The summed E-state index contributed by atoms with van der Waals surface area (Å²) in [5.74, 6) is 0.263. The van der Waals surface area contributed by atoms with Crippen LogP contribution in [0.4, 0.5) is 0 Å². The summed E-state index contributed by atoms with van der Waals surface area (Å²) >= 11 is 8.07. The Labute approximate surface area is 131 Å². The number of amides is 1. The van der Waals surface area contributed by atoms with Crippen molar-refractivity contribution in [2.45, 2.75) is 13.0 Å². The molecule has 0 heterocycles. The molecule has 0 radical (unpaired) electrons. The molecule has 0 fully saturated rings. The van der Waals surface area contributed by atoms with Crippen LogP contribution in [-0.2, 0) is 0 Å². The number of benzene rings is 1. The highest BCUT2D eigenvalue weighted by Gasteiger charge is 2.16. The molecule has 3 N–H and O–H groups in total. The van der Waals surface area contributed by atoms with Crippen LogP contribution < -0.4 is 15.8 Å². The maximum Gasteiger partial charge on any atom is 0.255 e. The third-order valence-electron chi connectivity index (χ3n) is 2.22. The van der Waals surface area contributed by atoms with Gasteiger partial charge in [-0.05, 0) is 41.6 Å². The van der Waals surface area contributed by atoms with Crippen molar-refractivity contribution >= 4 is 52.5 Å². The van der Waals surface area contributed by atoms with E-state index in [1.165, 1.54) is 7.11 Å². The summed E-state index contributed by atoms with van der Waals surface area (Å²) in [7, 11) is 1.52. The van der Waals surface area contributed by atoms with Crippen molar-refractivity contribution in [1.82, 2.24) is 5.32 Å². The second-order valence-electron chi connectivity index (χ2n) is 3.58. The van der Waals surface area contributed by atoms with E-state index in [-0.39, 0.29) is 24.4 Å². The van der Waals surface area contributed by atoms with Crippen LogP contribution in [-0.4, -0.2) is 25.6 Å². The molecule has 1 aromatic carbocycles. The predicted molar refractivity (Wildman–Crippen MR) is 84.0 cm³/mol. The van der Waals surface area contributed by atoms with Crippen molar-refractivity contribution in [3.05, 3.63) is 26.3 Å². The number of methoxy groups -OCH3 is 1. The maximum absolute atomic E-state index is 11.9. The van der Waals surface area contributed by atoms with Gasteiger partial charge in [0.15, 0.2) is 0 Å². The zero-order chi connectivity index (χ0) is 13.0. The Morgan fingerprint density at radius 1 is 1.61 bits per heavy atom. The summed E-state index contributed by atoms with van der Waals surface area (Å²) in [5, 5.41) is 3.29. The van der Waals surface area contributed by atoms with Crippen molar-refractivity contribution in [1.29, 1.82) is 0 Å². The van der Waals surface area contributed by atoms with Crippen LogP contribution in [0.1, 0.15) is 17.3 Å². The maximum atomic E-state index is 11.9. The molecule has 0 aromatic heterocycles. The molecule has 0 spiro atoms. The lowest BCUT2D eigenvalue weighted by molar-refractivity contribution is 0.0938. The topological polar surface area (TPSA) is 64.3 Å². The fourth-order valence-electron chi connectivity index (χ4n) is 1.24. The minimum Gasteiger partial charge on any atom is -0.496 e. The van der Waals surface area contributed by atoms with Gasteiger partial charge in [-0.15, -0.1) is 12.4 Å². The monoisotopic (exact) mass is 404 g/mol. The molecule has 18 heavy (non-hydrogen) atoms. The molecule has 0 bridgehead atoms. The van der Waals surface area contributed by atoms with Gasteiger partial charge in [0.1, 0.15) is 5.75 Å². The summed E-state index contributed by atoms with van der Waals surface area (Å²) in [6, 6.07) is 3.23. The Morgan fingerprint density at radius 2 is 2.22 bits per heavy atom. The van der Waals surface area contributed by atoms with Gasteiger partial charge in [0.25, 0.3) is 5.91 Å². The summed E-state index contributed by atoms with van der Waals surface area (Å²) in [4.78, 5) is 11.9. The number of carbonyl (C=O) groups is 1. The standard InChI is InChI=1S/C11H14ClIN2O2.ClH/c1-6(5-14)15-11(16)7-3-8(12)9(13)4-10(7)17-2;/h3-4,6H,5,14H2,1-2H3,(H,15,16);1H/t6-;/m0./s1. The van der Waals surface area contributed by atoms with Gasteiger partial charge in [0.2, 0.25) is 0 Å². The van der Waals surface area contributed by atoms with Crippen molar-refractivity contribution in [3.63, 3.8) is 0 Å². The molecule has 0 aliphatic carbocycles. The van der Waals surface area contributed by atoms with E-state index in [2.05, 4.69) is 27.9 Å². The Hall–Kier alpha value is -0.240. The first kappa shape index (κ1) is 17.8. The molecule has 0 aliphatic heterocycles. The van der Waals surface area contributed by atoms with Gasteiger partial charge in [0, 0.05) is 16.2 Å². The van der Waals surface area contributed by atoms with Gasteiger partial charge in [-0.2, -0.15) is 0 Å².